The van der Waals surface area contributed by atoms with E-state index in [2.05, 4.69) is 0 Å². The number of carbonyl (C=O) groups is 3. The first-order valence-corrected chi connectivity index (χ1v) is 6.87. The molecule has 108 valence electrons. The molecular weight excluding hydrogens is 270 g/mol. The summed E-state index contributed by atoms with van der Waals surface area (Å²) in [6, 6.07) is 4.55. The molecule has 2 amide bonds. The maximum atomic E-state index is 12.4. The molecule has 1 aromatic carbocycles. The van der Waals surface area contributed by atoms with Crippen LogP contribution >= 0.6 is 0 Å². The SMILES string of the molecule is Cc1cc(N2C(=O)C3CC=CCC3C2=O)ccc1C(=O)O. The number of anilines is 1. The van der Waals surface area contributed by atoms with Gasteiger partial charge in [-0.2, -0.15) is 0 Å². The molecule has 0 saturated carbocycles. The number of carbonyl (C=O) groups excluding carboxylic acids is 2. The van der Waals surface area contributed by atoms with Crippen LogP contribution < -0.4 is 4.90 Å². The van der Waals surface area contributed by atoms with Crippen molar-refractivity contribution in [2.45, 2.75) is 19.8 Å². The van der Waals surface area contributed by atoms with Gasteiger partial charge in [0.05, 0.1) is 23.1 Å². The molecule has 1 fully saturated rings. The molecule has 0 radical (unpaired) electrons. The number of imide groups is 1. The predicted octanol–water partition coefficient (Wildman–Crippen LogP) is 2.15. The summed E-state index contributed by atoms with van der Waals surface area (Å²) < 4.78 is 0. The maximum Gasteiger partial charge on any atom is 0.335 e. The third kappa shape index (κ3) is 2.05. The van der Waals surface area contributed by atoms with Crippen LogP contribution in [0, 0.1) is 18.8 Å². The van der Waals surface area contributed by atoms with Gasteiger partial charge in [-0.25, -0.2) is 4.79 Å². The molecule has 1 aliphatic heterocycles. The van der Waals surface area contributed by atoms with E-state index in [4.69, 9.17) is 5.11 Å². The van der Waals surface area contributed by atoms with E-state index in [9.17, 15) is 14.4 Å². The molecule has 1 saturated heterocycles. The van der Waals surface area contributed by atoms with Crippen molar-refractivity contribution in [1.29, 1.82) is 0 Å². The Hall–Kier alpha value is -2.43. The number of amides is 2. The van der Waals surface area contributed by atoms with Crippen LogP contribution in [-0.4, -0.2) is 22.9 Å². The van der Waals surface area contributed by atoms with E-state index >= 15 is 0 Å². The Morgan fingerprint density at radius 1 is 1.14 bits per heavy atom. The van der Waals surface area contributed by atoms with Crippen LogP contribution in [-0.2, 0) is 9.59 Å². The van der Waals surface area contributed by atoms with E-state index in [1.165, 1.54) is 17.0 Å². The van der Waals surface area contributed by atoms with Crippen molar-refractivity contribution < 1.29 is 19.5 Å². The molecular formula is C16H15NO4. The van der Waals surface area contributed by atoms with Crippen LogP contribution in [0.15, 0.2) is 30.4 Å². The predicted molar refractivity (Wildman–Crippen MR) is 76.0 cm³/mol. The Bertz CT molecular complexity index is 651. The molecule has 1 N–H and O–H groups in total. The highest BCUT2D eigenvalue weighted by atomic mass is 16.4. The zero-order chi connectivity index (χ0) is 15.1. The number of hydrogen-bond acceptors (Lipinski definition) is 3. The number of nitrogens with zero attached hydrogens (tertiary/aromatic N) is 1. The van der Waals surface area contributed by atoms with Gasteiger partial charge in [0.25, 0.3) is 0 Å². The summed E-state index contributed by atoms with van der Waals surface area (Å²) in [6.07, 6.45) is 5.07. The second kappa shape index (κ2) is 4.84. The fraction of sp³-hybridized carbons (Fsp3) is 0.312. The molecule has 1 aliphatic carbocycles. The molecule has 0 spiro atoms. The number of aryl methyl sites for hydroxylation is 1. The van der Waals surface area contributed by atoms with Gasteiger partial charge in [0, 0.05) is 0 Å². The molecule has 2 unspecified atom stereocenters. The average molecular weight is 285 g/mol. The molecule has 5 nitrogen and oxygen atoms in total. The van der Waals surface area contributed by atoms with E-state index in [-0.39, 0.29) is 29.2 Å². The fourth-order valence-corrected chi connectivity index (χ4v) is 3.08. The van der Waals surface area contributed by atoms with Gasteiger partial charge in [-0.1, -0.05) is 12.2 Å². The normalized spacial score (nSPS) is 24.3. The quantitative estimate of drug-likeness (QED) is 0.667. The van der Waals surface area contributed by atoms with Crippen molar-refractivity contribution in [1.82, 2.24) is 0 Å². The van der Waals surface area contributed by atoms with Gasteiger partial charge in [-0.3, -0.25) is 14.5 Å². The van der Waals surface area contributed by atoms with Crippen LogP contribution in [0.2, 0.25) is 0 Å². The van der Waals surface area contributed by atoms with E-state index in [1.807, 2.05) is 12.2 Å². The van der Waals surface area contributed by atoms with Crippen molar-refractivity contribution in [3.05, 3.63) is 41.5 Å². The molecule has 1 aromatic rings. The van der Waals surface area contributed by atoms with Gasteiger partial charge in [-0.05, 0) is 43.5 Å². The Balaban J connectivity index is 1.98. The summed E-state index contributed by atoms with van der Waals surface area (Å²) in [5.41, 5.74) is 1.17. The van der Waals surface area contributed by atoms with Gasteiger partial charge >= 0.3 is 5.97 Å². The van der Waals surface area contributed by atoms with Crippen molar-refractivity contribution in [3.8, 4) is 0 Å². The number of hydrogen-bond donors (Lipinski definition) is 1. The monoisotopic (exact) mass is 285 g/mol. The smallest absolute Gasteiger partial charge is 0.335 e. The number of benzene rings is 1. The van der Waals surface area contributed by atoms with E-state index in [0.717, 1.165) is 0 Å². The van der Waals surface area contributed by atoms with Gasteiger partial charge in [0.15, 0.2) is 0 Å². The second-order valence-corrected chi connectivity index (χ2v) is 5.47. The highest BCUT2D eigenvalue weighted by Gasteiger charge is 2.47. The van der Waals surface area contributed by atoms with Crippen LogP contribution in [0.5, 0.6) is 0 Å². The van der Waals surface area contributed by atoms with Gasteiger partial charge in [-0.15, -0.1) is 0 Å². The number of rotatable bonds is 2. The fourth-order valence-electron chi connectivity index (χ4n) is 3.08. The molecule has 0 bridgehead atoms. The number of allylic oxidation sites excluding steroid dienone is 2. The maximum absolute atomic E-state index is 12.4. The van der Waals surface area contributed by atoms with E-state index in [0.29, 0.717) is 24.1 Å². The Labute approximate surface area is 121 Å². The second-order valence-electron chi connectivity index (χ2n) is 5.47. The van der Waals surface area contributed by atoms with E-state index < -0.39 is 5.97 Å². The molecule has 2 atom stereocenters. The molecule has 1 heterocycles. The summed E-state index contributed by atoms with van der Waals surface area (Å²) in [5.74, 6) is -1.94. The van der Waals surface area contributed by atoms with Crippen LogP contribution in [0.25, 0.3) is 0 Å². The Kier molecular flexibility index (Phi) is 3.12. The summed E-state index contributed by atoms with van der Waals surface area (Å²) in [6.45, 7) is 1.66. The first kappa shape index (κ1) is 13.5. The van der Waals surface area contributed by atoms with Gasteiger partial charge in [0.2, 0.25) is 11.8 Å². The first-order valence-electron chi connectivity index (χ1n) is 6.87. The zero-order valence-corrected chi connectivity index (χ0v) is 11.6. The standard InChI is InChI=1S/C16H15NO4/c1-9-8-10(6-7-11(9)16(20)21)17-14(18)12-4-2-3-5-13(12)15(17)19/h2-3,6-8,12-13H,4-5H2,1H3,(H,20,21). The molecule has 0 aromatic heterocycles. The Morgan fingerprint density at radius 2 is 1.71 bits per heavy atom. The topological polar surface area (TPSA) is 74.7 Å². The lowest BCUT2D eigenvalue weighted by Gasteiger charge is -2.16. The third-order valence-electron chi connectivity index (χ3n) is 4.21. The lowest BCUT2D eigenvalue weighted by molar-refractivity contribution is -0.122. The van der Waals surface area contributed by atoms with Crippen molar-refractivity contribution in [2.75, 3.05) is 4.90 Å². The largest absolute Gasteiger partial charge is 0.478 e. The third-order valence-corrected chi connectivity index (χ3v) is 4.21. The minimum atomic E-state index is -1.02. The zero-order valence-electron chi connectivity index (χ0n) is 11.6. The van der Waals surface area contributed by atoms with Crippen LogP contribution in [0.3, 0.4) is 0 Å². The van der Waals surface area contributed by atoms with Crippen molar-refractivity contribution in [2.24, 2.45) is 11.8 Å². The minimum absolute atomic E-state index is 0.178. The van der Waals surface area contributed by atoms with Crippen molar-refractivity contribution in [3.63, 3.8) is 0 Å². The van der Waals surface area contributed by atoms with Crippen LogP contribution in [0.4, 0.5) is 5.69 Å². The minimum Gasteiger partial charge on any atom is -0.478 e. The summed E-state index contributed by atoms with van der Waals surface area (Å²) in [7, 11) is 0. The first-order chi connectivity index (χ1) is 10.0. The number of carboxylic acid groups (broad SMARTS) is 1. The summed E-state index contributed by atoms with van der Waals surface area (Å²) in [4.78, 5) is 37.1. The highest BCUT2D eigenvalue weighted by Crippen LogP contribution is 2.37. The molecule has 21 heavy (non-hydrogen) atoms. The molecule has 3 rings (SSSR count). The number of fused-ring (bicyclic) bond motifs is 1. The van der Waals surface area contributed by atoms with Crippen LogP contribution in [0.1, 0.15) is 28.8 Å². The van der Waals surface area contributed by atoms with Crippen molar-refractivity contribution >= 4 is 23.5 Å². The summed E-state index contributed by atoms with van der Waals surface area (Å²) >= 11 is 0. The molecule has 2 aliphatic rings. The Morgan fingerprint density at radius 3 is 2.19 bits per heavy atom. The summed E-state index contributed by atoms with van der Waals surface area (Å²) in [5, 5.41) is 9.04. The number of aromatic carboxylic acids is 1. The molecule has 5 heteroatoms. The van der Waals surface area contributed by atoms with Gasteiger partial charge < -0.3 is 5.11 Å². The lowest BCUT2D eigenvalue weighted by Crippen LogP contribution is -2.31. The number of carboxylic acids is 1. The highest BCUT2D eigenvalue weighted by molar-refractivity contribution is 6.22. The average Bonchev–Trinajstić information content (AvgIpc) is 2.71. The lowest BCUT2D eigenvalue weighted by atomic mass is 9.85. The van der Waals surface area contributed by atoms with E-state index in [1.54, 1.807) is 13.0 Å². The van der Waals surface area contributed by atoms with Gasteiger partial charge in [0.1, 0.15) is 0 Å².